The van der Waals surface area contributed by atoms with Gasteiger partial charge in [0.15, 0.2) is 68.8 Å². The molecule has 39 heteroatoms. The van der Waals surface area contributed by atoms with Crippen molar-refractivity contribution < 1.29 is 50.8 Å². The molecule has 32 nitrogen and oxygen atoms in total. The van der Waals surface area contributed by atoms with Gasteiger partial charge in [0.05, 0.1) is 66.0 Å². The summed E-state index contributed by atoms with van der Waals surface area (Å²) in [6.45, 7) is 9.90. The van der Waals surface area contributed by atoms with Crippen LogP contribution in [0.25, 0.3) is 90.2 Å². The maximum absolute atomic E-state index is 13.2. The summed E-state index contributed by atoms with van der Waals surface area (Å²) in [4.78, 5) is 60.2. The molecule has 22 rings (SSSR count). The van der Waals surface area contributed by atoms with Crippen molar-refractivity contribution in [3.63, 3.8) is 0 Å². The van der Waals surface area contributed by atoms with Gasteiger partial charge in [0.25, 0.3) is 0 Å². The summed E-state index contributed by atoms with van der Waals surface area (Å²) in [5.74, 6) is 4.79. The fraction of sp³-hybridized carbons (Fsp3) is 0.235. The Hall–Kier alpha value is -15.8. The lowest BCUT2D eigenvalue weighted by atomic mass is 10.0. The fourth-order valence-corrected chi connectivity index (χ4v) is 16.1. The van der Waals surface area contributed by atoms with Crippen LogP contribution in [0.1, 0.15) is 43.7 Å². The van der Waals surface area contributed by atoms with Crippen molar-refractivity contribution in [2.24, 2.45) is 5.92 Å². The van der Waals surface area contributed by atoms with Gasteiger partial charge in [-0.15, -0.1) is 0 Å². The van der Waals surface area contributed by atoms with Crippen LogP contribution < -0.4 is 47.0 Å². The van der Waals surface area contributed by atoms with Crippen LogP contribution >= 0.6 is 15.9 Å². The van der Waals surface area contributed by atoms with Crippen LogP contribution in [0.4, 0.5) is 89.7 Å². The molecule has 0 spiro atoms. The summed E-state index contributed by atoms with van der Waals surface area (Å²) in [7, 11) is 5.77. The van der Waals surface area contributed by atoms with Crippen molar-refractivity contribution in [1.29, 1.82) is 0 Å². The Bertz CT molecular complexity index is 7330. The van der Waals surface area contributed by atoms with Gasteiger partial charge in [0.2, 0.25) is 0 Å². The van der Waals surface area contributed by atoms with Crippen molar-refractivity contribution in [2.45, 2.75) is 51.0 Å². The molecular weight excluding hydrogens is 1880 g/mol. The molecule has 7 aromatic carbocycles. The number of halogens is 7. The maximum Gasteiger partial charge on any atom is 0.416 e. The minimum atomic E-state index is -4.93. The Morgan fingerprint density at radius 2 is 0.901 bits per heavy atom. The molecule has 12 aromatic heterocycles. The van der Waals surface area contributed by atoms with Gasteiger partial charge in [-0.25, -0.2) is 59.8 Å². The average Bonchev–Trinajstić information content (AvgIpc) is 1.77. The second-order valence-corrected chi connectivity index (χ2v) is 34.1. The van der Waals surface area contributed by atoms with Crippen molar-refractivity contribution >= 4 is 113 Å². The number of anilines is 11. The third-order valence-corrected chi connectivity index (χ3v) is 23.6. The monoisotopic (exact) mass is 1980 g/mol. The predicted molar refractivity (Wildman–Crippen MR) is 540 cm³/mol. The number of likely N-dealkylation sites (N-methyl/N-ethyl adjacent to an activating group) is 1. The van der Waals surface area contributed by atoms with E-state index in [0.29, 0.717) is 106 Å². The first kappa shape index (κ1) is 96.8. The zero-order chi connectivity index (χ0) is 97.9. The van der Waals surface area contributed by atoms with Crippen LogP contribution in [0.2, 0.25) is 0 Å². The standard InChI is InChI=1S/C20H18F6N4O.C18H15N5.C17H19N5.C16H18BrN5O.C16H16N4O2.C15H16N4O/c21-19(22,23)14-7-13(8-15(9-14)20(24,25)26)16-11-30-4-3-27-18(30)17(29-16)28-10-12-1-5-31-6-2-12;19-14-6-4-5-13(11-14)16-12-23-10-9-20-18(23)17(22-16)21-15-7-2-1-3-8-15;1-21(2)14-7-3-12(4-8-14)15-11-22-10-9-18-17(22)16(20-15)19-13-5-6-13;1-2-21(9-10-23)13-5-3-12(4-6-13)19-15-16-18-7-8-22(16)11-14(17)20-15;21-13-3-1-12(2-4-13)14-11-20-6-5-17-15(20)16(18-14)19-7-9-22-10-8-19;1-20-10-8-16-14-15-17-7-9-19(15)11-13(18-14)12-5-3-2-4-6-12/h3-4,7-9,11-12H,1-2,5-6,10H2,(H,28,29);1-12H,19H2,(H,21,22);3-4,7-11,13H,5-6H2,1-2H3,(H,19,20);3-8,11,23H,2,9-10H2,1H3,(H,19,20);1-6,11,21H,7-10H2;2-7,9,11H,8,10H2,1H3,(H,16,18). The summed E-state index contributed by atoms with van der Waals surface area (Å²) in [5, 5.41) is 35.1. The normalized spacial score (nSPS) is 13.2. The van der Waals surface area contributed by atoms with Crippen LogP contribution in [-0.2, 0) is 26.6 Å². The second-order valence-electron chi connectivity index (χ2n) is 33.3. The van der Waals surface area contributed by atoms with Gasteiger partial charge in [-0.3, -0.25) is 0 Å². The minimum Gasteiger partial charge on any atom is -0.508 e. The number of aliphatic hydroxyl groups is 1. The molecule has 9 N–H and O–H groups in total. The number of aromatic hydroxyl groups is 1. The highest BCUT2D eigenvalue weighted by molar-refractivity contribution is 9.10. The van der Waals surface area contributed by atoms with Gasteiger partial charge < -0.3 is 97.8 Å². The maximum atomic E-state index is 13.2. The van der Waals surface area contributed by atoms with Crippen LogP contribution in [0.3, 0.4) is 0 Å². The third-order valence-electron chi connectivity index (χ3n) is 23.2. The first-order valence-electron chi connectivity index (χ1n) is 45.7. The number of nitrogens with two attached hydrogens (primary N) is 1. The van der Waals surface area contributed by atoms with E-state index in [0.717, 1.165) is 145 Å². The Morgan fingerprint density at radius 3 is 1.43 bits per heavy atom. The van der Waals surface area contributed by atoms with E-state index in [1.165, 1.54) is 35.3 Å². The number of ether oxygens (including phenoxy) is 3. The Kier molecular flexibility index (Phi) is 30.7. The number of rotatable bonds is 24. The van der Waals surface area contributed by atoms with Crippen LogP contribution in [0.5, 0.6) is 5.75 Å². The van der Waals surface area contributed by atoms with Crippen molar-refractivity contribution in [3.8, 4) is 62.0 Å². The van der Waals surface area contributed by atoms with E-state index in [2.05, 4.69) is 133 Å². The summed E-state index contributed by atoms with van der Waals surface area (Å²) in [6.07, 6.45) is 26.9. The highest BCUT2D eigenvalue weighted by Gasteiger charge is 2.38. The summed E-state index contributed by atoms with van der Waals surface area (Å²) >= 11 is 3.41. The van der Waals surface area contributed by atoms with Crippen LogP contribution in [-0.4, -0.2) is 203 Å². The van der Waals surface area contributed by atoms with E-state index < -0.39 is 23.5 Å². The number of aliphatic hydroxyl groups excluding tert-OH is 1. The highest BCUT2D eigenvalue weighted by Crippen LogP contribution is 2.41. The molecule has 0 atom stereocenters. The van der Waals surface area contributed by atoms with Gasteiger partial charge in [-0.1, -0.05) is 72.8 Å². The molecule has 3 aliphatic rings. The van der Waals surface area contributed by atoms with Crippen molar-refractivity contribution in [1.82, 2.24) is 86.2 Å². The minimum absolute atomic E-state index is 0.0309. The first-order chi connectivity index (χ1) is 68.5. The number of fused-ring (bicyclic) bond motifs is 6. The van der Waals surface area contributed by atoms with E-state index in [9.17, 15) is 31.4 Å². The SMILES string of the molecule is CCN(CCO)c1ccc(Nc2nc(Br)cn3ccnc23)cc1.CN(C)c1ccc(-c2cn3ccnc3c(NC3CC3)n2)cc1.COCCNc1nc(-c2ccccc2)cn2ccnc12.FC(F)(F)c1cc(-c2cn3ccnc3c(NCC3CCOCC3)n2)cc(C(F)(F)F)c1.Nc1cccc(-c2cn3ccnc3c(Nc3ccccc3)n2)c1.Oc1ccc(-c2cn3ccnc3c(N3CCOCC3)n2)cc1. The lowest BCUT2D eigenvalue weighted by Gasteiger charge is -2.28. The molecule has 0 amide bonds. The smallest absolute Gasteiger partial charge is 0.416 e. The number of nitrogens with one attached hydrogen (secondary N) is 5. The fourth-order valence-electron chi connectivity index (χ4n) is 15.7. The summed E-state index contributed by atoms with van der Waals surface area (Å²) in [6, 6.07) is 53.3. The number of imidazole rings is 6. The lowest BCUT2D eigenvalue weighted by Crippen LogP contribution is -2.37. The molecule has 0 radical (unpaired) electrons. The van der Waals surface area contributed by atoms with Gasteiger partial charge in [-0.05, 0) is 158 Å². The van der Waals surface area contributed by atoms with Crippen molar-refractivity contribution in [2.75, 3.05) is 147 Å². The van der Waals surface area contributed by atoms with Crippen LogP contribution in [0, 0.1) is 5.92 Å². The van der Waals surface area contributed by atoms with E-state index in [4.69, 9.17) is 40.0 Å². The molecule has 2 aliphatic heterocycles. The van der Waals surface area contributed by atoms with E-state index in [-0.39, 0.29) is 29.7 Å². The molecule has 0 bridgehead atoms. The Balaban J connectivity index is 0.000000117. The lowest BCUT2D eigenvalue weighted by molar-refractivity contribution is -0.143. The number of aromatic nitrogens is 18. The number of hydrogen-bond acceptors (Lipinski definition) is 26. The number of phenolic OH excluding ortho intramolecular Hbond substituents is 1. The zero-order valence-electron chi connectivity index (χ0n) is 77.3. The molecule has 19 aromatic rings. The molecular formula is C102H102BrF6N27O5. The van der Waals surface area contributed by atoms with Gasteiger partial charge >= 0.3 is 12.4 Å². The van der Waals surface area contributed by atoms with E-state index in [1.54, 1.807) is 50.2 Å². The van der Waals surface area contributed by atoms with E-state index in [1.807, 2.05) is 226 Å². The molecule has 0 unspecified atom stereocenters. The summed E-state index contributed by atoms with van der Waals surface area (Å²) < 4.78 is 107. The largest absolute Gasteiger partial charge is 0.508 e. The number of nitrogens with zero attached hydrogens (tertiary/aromatic N) is 21. The molecule has 14 heterocycles. The van der Waals surface area contributed by atoms with Gasteiger partial charge in [0.1, 0.15) is 10.4 Å². The Morgan fingerprint density at radius 1 is 0.461 bits per heavy atom. The number of methoxy groups -OCH3 is 1. The number of morpholine rings is 1. The van der Waals surface area contributed by atoms with Gasteiger partial charge in [0, 0.05) is 248 Å². The highest BCUT2D eigenvalue weighted by atomic mass is 79.9. The number of nitrogen functional groups attached to an aromatic ring is 1. The number of phenols is 1. The Labute approximate surface area is 814 Å². The number of alkyl halides is 6. The van der Waals surface area contributed by atoms with Crippen LogP contribution in [0.15, 0.2) is 292 Å². The first-order valence-corrected chi connectivity index (χ1v) is 46.5. The number of hydrogen-bond donors (Lipinski definition) is 8. The predicted octanol–water partition coefficient (Wildman–Crippen LogP) is 19.5. The third kappa shape index (κ3) is 24.7. The number of benzene rings is 7. The molecule has 1 saturated carbocycles. The van der Waals surface area contributed by atoms with E-state index >= 15 is 0 Å². The average molecular weight is 1980 g/mol. The number of para-hydroxylation sites is 1. The molecule has 724 valence electrons. The van der Waals surface area contributed by atoms with Crippen molar-refractivity contribution in [3.05, 3.63) is 303 Å². The molecule has 3 fully saturated rings. The second kappa shape index (κ2) is 44.7. The molecule has 141 heavy (non-hydrogen) atoms. The zero-order valence-corrected chi connectivity index (χ0v) is 78.9. The molecule has 1 aliphatic carbocycles. The molecule has 2 saturated heterocycles. The quantitative estimate of drug-likeness (QED) is 0.0158. The summed E-state index contributed by atoms with van der Waals surface area (Å²) in [5.41, 5.74) is 19.9. The topological polar surface area (TPSA) is 345 Å². The van der Waals surface area contributed by atoms with Gasteiger partial charge in [-0.2, -0.15) is 26.3 Å².